The van der Waals surface area contributed by atoms with Gasteiger partial charge in [0.1, 0.15) is 0 Å². The summed E-state index contributed by atoms with van der Waals surface area (Å²) in [5.41, 5.74) is 0.820. The van der Waals surface area contributed by atoms with Crippen LogP contribution in [-0.2, 0) is 21.3 Å². The lowest BCUT2D eigenvalue weighted by atomic mass is 10.1. The Labute approximate surface area is 177 Å². The molecule has 1 aliphatic heterocycles. The molecule has 0 spiro atoms. The number of hydrogen-bond acceptors (Lipinski definition) is 8. The molecule has 0 aliphatic carbocycles. The van der Waals surface area contributed by atoms with Crippen LogP contribution in [0.15, 0.2) is 45.1 Å². The minimum Gasteiger partial charge on any atom is -0.379 e. The number of nitrogens with zero attached hydrogens (tertiary/aromatic N) is 3. The normalized spacial score (nSPS) is 15.2. The Balaban J connectivity index is 1.47. The van der Waals surface area contributed by atoms with Crippen LogP contribution in [0.5, 0.6) is 0 Å². The van der Waals surface area contributed by atoms with Gasteiger partial charge in [-0.2, -0.15) is 9.29 Å². The number of rotatable bonds is 6. The third-order valence-corrected chi connectivity index (χ3v) is 7.55. The number of carbonyl (C=O) groups excluding carboxylic acids is 1. The lowest BCUT2D eigenvalue weighted by molar-refractivity contribution is 0.0730. The van der Waals surface area contributed by atoms with Gasteiger partial charge in [0.25, 0.3) is 5.91 Å². The first kappa shape index (κ1) is 20.7. The minimum absolute atomic E-state index is 0.0383. The molecule has 3 aromatic rings. The number of hydrogen-bond donors (Lipinski definition) is 1. The third kappa shape index (κ3) is 4.29. The van der Waals surface area contributed by atoms with E-state index in [-0.39, 0.29) is 22.9 Å². The third-order valence-electron chi connectivity index (χ3n) is 4.65. The smallest absolute Gasteiger partial charge is 0.251 e. The predicted octanol–water partition coefficient (Wildman–Crippen LogP) is 2.06. The van der Waals surface area contributed by atoms with Crippen molar-refractivity contribution >= 4 is 27.3 Å². The second-order valence-corrected chi connectivity index (χ2v) is 9.52. The lowest BCUT2D eigenvalue weighted by Crippen LogP contribution is -2.41. The molecule has 1 aliphatic rings. The van der Waals surface area contributed by atoms with E-state index < -0.39 is 15.9 Å². The van der Waals surface area contributed by atoms with Crippen molar-refractivity contribution in [2.24, 2.45) is 0 Å². The number of thiophene rings is 1. The first-order valence-corrected chi connectivity index (χ1v) is 11.6. The quantitative estimate of drug-likeness (QED) is 0.614. The summed E-state index contributed by atoms with van der Waals surface area (Å²) in [6.07, 6.45) is 0. The van der Waals surface area contributed by atoms with E-state index in [4.69, 9.17) is 9.26 Å². The molecule has 1 fully saturated rings. The molecule has 1 aromatic carbocycles. The largest absolute Gasteiger partial charge is 0.379 e. The Morgan fingerprint density at radius 3 is 2.80 bits per heavy atom. The average molecular weight is 449 g/mol. The van der Waals surface area contributed by atoms with E-state index in [9.17, 15) is 13.2 Å². The van der Waals surface area contributed by atoms with E-state index in [1.165, 1.54) is 21.7 Å². The van der Waals surface area contributed by atoms with E-state index in [0.717, 1.165) is 4.88 Å². The van der Waals surface area contributed by atoms with Crippen LogP contribution in [0.25, 0.3) is 10.7 Å². The molecule has 0 bridgehead atoms. The fourth-order valence-electron chi connectivity index (χ4n) is 3.04. The van der Waals surface area contributed by atoms with Crippen molar-refractivity contribution in [3.05, 3.63) is 52.7 Å². The lowest BCUT2D eigenvalue weighted by Gasteiger charge is -2.26. The van der Waals surface area contributed by atoms with E-state index in [0.29, 0.717) is 37.7 Å². The zero-order valence-electron chi connectivity index (χ0n) is 16.2. The molecule has 30 heavy (non-hydrogen) atoms. The number of morpholine rings is 1. The molecule has 0 atom stereocenters. The van der Waals surface area contributed by atoms with Crippen LogP contribution < -0.4 is 5.32 Å². The summed E-state index contributed by atoms with van der Waals surface area (Å²) in [6, 6.07) is 8.39. The fraction of sp³-hybridized carbons (Fsp3) is 0.316. The van der Waals surface area contributed by atoms with Crippen LogP contribution in [0, 0.1) is 6.92 Å². The molecule has 1 N–H and O–H groups in total. The summed E-state index contributed by atoms with van der Waals surface area (Å²) in [4.78, 5) is 17.8. The number of sulfonamides is 1. The number of ether oxygens (including phenoxy) is 1. The Hall–Kier alpha value is -2.60. The molecule has 2 aromatic heterocycles. The van der Waals surface area contributed by atoms with Gasteiger partial charge in [-0.3, -0.25) is 4.79 Å². The van der Waals surface area contributed by atoms with Crippen molar-refractivity contribution in [3.8, 4) is 10.7 Å². The van der Waals surface area contributed by atoms with E-state index >= 15 is 0 Å². The van der Waals surface area contributed by atoms with Gasteiger partial charge in [-0.1, -0.05) is 17.3 Å². The van der Waals surface area contributed by atoms with Gasteiger partial charge in [-0.05, 0) is 36.1 Å². The zero-order chi connectivity index (χ0) is 21.1. The van der Waals surface area contributed by atoms with E-state index in [1.54, 1.807) is 19.1 Å². The first-order valence-electron chi connectivity index (χ1n) is 9.28. The fourth-order valence-corrected chi connectivity index (χ4v) is 5.34. The molecule has 0 radical (unpaired) electrons. The molecule has 9 nitrogen and oxygen atoms in total. The monoisotopic (exact) mass is 448 g/mol. The van der Waals surface area contributed by atoms with Crippen molar-refractivity contribution in [2.45, 2.75) is 18.4 Å². The van der Waals surface area contributed by atoms with Crippen molar-refractivity contribution in [3.63, 3.8) is 0 Å². The molecule has 1 saturated heterocycles. The van der Waals surface area contributed by atoms with Crippen molar-refractivity contribution < 1.29 is 22.5 Å². The number of nitrogens with one attached hydrogen (secondary N) is 1. The van der Waals surface area contributed by atoms with Gasteiger partial charge >= 0.3 is 0 Å². The number of aryl methyl sites for hydroxylation is 1. The van der Waals surface area contributed by atoms with Crippen LogP contribution in [-0.4, -0.2) is 55.1 Å². The van der Waals surface area contributed by atoms with E-state index in [1.807, 2.05) is 17.5 Å². The molecule has 3 heterocycles. The maximum atomic E-state index is 13.0. The van der Waals surface area contributed by atoms with Gasteiger partial charge in [-0.15, -0.1) is 11.3 Å². The van der Waals surface area contributed by atoms with Gasteiger partial charge in [-0.25, -0.2) is 8.42 Å². The molecule has 4 rings (SSSR count). The van der Waals surface area contributed by atoms with Crippen molar-refractivity contribution in [1.82, 2.24) is 19.8 Å². The first-order chi connectivity index (χ1) is 14.4. The number of aromatic nitrogens is 2. The SMILES string of the molecule is Cc1ccc(C(=O)NCc2nc(-c3cccs3)no2)cc1S(=O)(=O)N1CCOCC1. The highest BCUT2D eigenvalue weighted by molar-refractivity contribution is 7.89. The molecular weight excluding hydrogens is 428 g/mol. The molecule has 158 valence electrons. The molecule has 11 heteroatoms. The molecule has 0 saturated carbocycles. The summed E-state index contributed by atoms with van der Waals surface area (Å²) >= 11 is 1.49. The Morgan fingerprint density at radius 1 is 1.27 bits per heavy atom. The van der Waals surface area contributed by atoms with Gasteiger partial charge in [0.15, 0.2) is 0 Å². The van der Waals surface area contributed by atoms with Crippen LogP contribution in [0.2, 0.25) is 0 Å². The maximum Gasteiger partial charge on any atom is 0.251 e. The highest BCUT2D eigenvalue weighted by atomic mass is 32.2. The standard InChI is InChI=1S/C19H20N4O5S2/c1-13-4-5-14(11-16(13)30(25,26)23-6-8-27-9-7-23)19(24)20-12-17-21-18(22-28-17)15-3-2-10-29-15/h2-5,10-11H,6-9,12H2,1H3,(H,20,24). The Morgan fingerprint density at radius 2 is 2.07 bits per heavy atom. The van der Waals surface area contributed by atoms with Gasteiger partial charge in [0.05, 0.1) is 29.5 Å². The van der Waals surface area contributed by atoms with Crippen LogP contribution in [0.4, 0.5) is 0 Å². The summed E-state index contributed by atoms with van der Waals surface area (Å²) in [5, 5.41) is 8.50. The van der Waals surface area contributed by atoms with Crippen molar-refractivity contribution in [1.29, 1.82) is 0 Å². The topological polar surface area (TPSA) is 115 Å². The second kappa shape index (κ2) is 8.64. The summed E-state index contributed by atoms with van der Waals surface area (Å²) in [7, 11) is -3.70. The molecular formula is C19H20N4O5S2. The Kier molecular flexibility index (Phi) is 5.95. The number of benzene rings is 1. The van der Waals surface area contributed by atoms with Crippen LogP contribution >= 0.6 is 11.3 Å². The molecule has 1 amide bonds. The van der Waals surface area contributed by atoms with Gasteiger partial charge < -0.3 is 14.6 Å². The minimum atomic E-state index is -3.70. The average Bonchev–Trinajstić information content (AvgIpc) is 3.45. The van der Waals surface area contributed by atoms with Gasteiger partial charge in [0, 0.05) is 18.7 Å². The zero-order valence-corrected chi connectivity index (χ0v) is 17.8. The summed E-state index contributed by atoms with van der Waals surface area (Å²) < 4.78 is 37.7. The Bertz CT molecular complexity index is 1140. The summed E-state index contributed by atoms with van der Waals surface area (Å²) in [5.74, 6) is 0.299. The summed E-state index contributed by atoms with van der Waals surface area (Å²) in [6.45, 7) is 3.05. The van der Waals surface area contributed by atoms with Crippen molar-refractivity contribution in [2.75, 3.05) is 26.3 Å². The number of carbonyl (C=O) groups is 1. The second-order valence-electron chi connectivity index (χ2n) is 6.67. The van der Waals surface area contributed by atoms with Crippen LogP contribution in [0.3, 0.4) is 0 Å². The highest BCUT2D eigenvalue weighted by Crippen LogP contribution is 2.23. The predicted molar refractivity (Wildman–Crippen MR) is 110 cm³/mol. The van der Waals surface area contributed by atoms with E-state index in [2.05, 4.69) is 15.5 Å². The maximum absolute atomic E-state index is 13.0. The molecule has 0 unspecified atom stereocenters. The highest BCUT2D eigenvalue weighted by Gasteiger charge is 2.28. The number of amides is 1. The van der Waals surface area contributed by atoms with Gasteiger partial charge in [0.2, 0.25) is 21.7 Å². The van der Waals surface area contributed by atoms with Crippen LogP contribution in [0.1, 0.15) is 21.8 Å².